The zero-order valence-corrected chi connectivity index (χ0v) is 13.9. The molecule has 0 unspecified atom stereocenters. The Labute approximate surface area is 141 Å². The van der Waals surface area contributed by atoms with E-state index in [1.165, 1.54) is 30.3 Å². The first-order valence-corrected chi connectivity index (χ1v) is 8.36. The highest BCUT2D eigenvalue weighted by molar-refractivity contribution is 7.93. The summed E-state index contributed by atoms with van der Waals surface area (Å²) in [4.78, 5) is -0.352. The third-order valence-electron chi connectivity index (χ3n) is 2.46. The summed E-state index contributed by atoms with van der Waals surface area (Å²) in [5.41, 5.74) is -0.166. The molecule has 0 amide bonds. The third kappa shape index (κ3) is 3.49. The van der Waals surface area contributed by atoms with Crippen LogP contribution in [0, 0.1) is 0 Å². The van der Waals surface area contributed by atoms with Crippen LogP contribution >= 0.6 is 46.4 Å². The zero-order chi connectivity index (χ0) is 15.8. The van der Waals surface area contributed by atoms with Gasteiger partial charge in [0.15, 0.2) is 0 Å². The Morgan fingerprint density at radius 1 is 0.952 bits per heavy atom. The number of sulfonamides is 1. The highest BCUT2D eigenvalue weighted by atomic mass is 35.5. The number of benzene rings is 2. The number of rotatable bonds is 3. The van der Waals surface area contributed by atoms with Gasteiger partial charge < -0.3 is 5.11 Å². The molecule has 0 spiro atoms. The standard InChI is InChI=1S/C12H7Cl4NO3S/c13-6-4-8(15)12(9(16)5-6)21(19,20)17-11-7(14)2-1-3-10(11)18/h1-5,17-18H. The molecule has 0 fully saturated rings. The van der Waals surface area contributed by atoms with Crippen LogP contribution < -0.4 is 4.72 Å². The molecule has 2 aromatic rings. The molecule has 2 aromatic carbocycles. The van der Waals surface area contributed by atoms with E-state index in [9.17, 15) is 13.5 Å². The first-order chi connectivity index (χ1) is 9.72. The third-order valence-corrected chi connectivity index (χ3v) is 5.26. The average Bonchev–Trinajstić information content (AvgIpc) is 2.32. The van der Waals surface area contributed by atoms with E-state index in [2.05, 4.69) is 4.72 Å². The average molecular weight is 387 g/mol. The molecule has 0 saturated carbocycles. The summed E-state index contributed by atoms with van der Waals surface area (Å²) in [6, 6.07) is 6.67. The highest BCUT2D eigenvalue weighted by Crippen LogP contribution is 2.37. The van der Waals surface area contributed by atoms with E-state index in [0.29, 0.717) is 0 Å². The molecule has 4 nitrogen and oxygen atoms in total. The topological polar surface area (TPSA) is 66.4 Å². The summed E-state index contributed by atoms with van der Waals surface area (Å²) in [5, 5.41) is 9.62. The molecule has 2 N–H and O–H groups in total. The van der Waals surface area contributed by atoms with E-state index in [-0.39, 0.29) is 36.4 Å². The predicted octanol–water partition coefficient (Wildman–Crippen LogP) is 4.81. The van der Waals surface area contributed by atoms with Crippen LogP contribution in [0.5, 0.6) is 5.75 Å². The van der Waals surface area contributed by atoms with E-state index >= 15 is 0 Å². The van der Waals surface area contributed by atoms with Crippen molar-refractivity contribution in [3.8, 4) is 5.75 Å². The van der Waals surface area contributed by atoms with Crippen LogP contribution in [0.2, 0.25) is 20.1 Å². The van der Waals surface area contributed by atoms with Crippen LogP contribution in [0.3, 0.4) is 0 Å². The molecule has 21 heavy (non-hydrogen) atoms. The van der Waals surface area contributed by atoms with E-state index in [4.69, 9.17) is 46.4 Å². The fourth-order valence-electron chi connectivity index (χ4n) is 1.58. The molecule has 2 rings (SSSR count). The van der Waals surface area contributed by atoms with Crippen molar-refractivity contribution in [3.05, 3.63) is 50.4 Å². The summed E-state index contributed by atoms with van der Waals surface area (Å²) in [6.07, 6.45) is 0. The van der Waals surface area contributed by atoms with E-state index in [1.807, 2.05) is 0 Å². The van der Waals surface area contributed by atoms with Crippen molar-refractivity contribution in [2.24, 2.45) is 0 Å². The molecule has 0 aliphatic carbocycles. The molecule has 0 saturated heterocycles. The molecular formula is C12H7Cl4NO3S. The van der Waals surface area contributed by atoms with Crippen LogP contribution in [0.25, 0.3) is 0 Å². The van der Waals surface area contributed by atoms with Gasteiger partial charge >= 0.3 is 0 Å². The lowest BCUT2D eigenvalue weighted by Gasteiger charge is -2.13. The number of anilines is 1. The Bertz CT molecular complexity index is 765. The molecule has 0 heterocycles. The first-order valence-electron chi connectivity index (χ1n) is 5.37. The van der Waals surface area contributed by atoms with Crippen molar-refractivity contribution in [1.29, 1.82) is 0 Å². The van der Waals surface area contributed by atoms with Gasteiger partial charge in [-0.25, -0.2) is 8.42 Å². The minimum absolute atomic E-state index is 0.0276. The highest BCUT2D eigenvalue weighted by Gasteiger charge is 2.24. The Morgan fingerprint density at radius 3 is 2.05 bits per heavy atom. The lowest BCUT2D eigenvalue weighted by Crippen LogP contribution is -2.14. The zero-order valence-electron chi connectivity index (χ0n) is 10.1. The molecule has 0 radical (unpaired) electrons. The maximum atomic E-state index is 12.4. The maximum absolute atomic E-state index is 12.4. The number of nitrogens with one attached hydrogen (secondary N) is 1. The molecule has 0 bridgehead atoms. The van der Waals surface area contributed by atoms with Gasteiger partial charge in [-0.3, -0.25) is 4.72 Å². The number of aromatic hydroxyl groups is 1. The Hall–Kier alpha value is -0.850. The first kappa shape index (κ1) is 16.5. The van der Waals surface area contributed by atoms with Crippen molar-refractivity contribution in [2.75, 3.05) is 4.72 Å². The van der Waals surface area contributed by atoms with Crippen LogP contribution in [0.4, 0.5) is 5.69 Å². The van der Waals surface area contributed by atoms with E-state index in [1.54, 1.807) is 0 Å². The summed E-state index contributed by atoms with van der Waals surface area (Å²) >= 11 is 23.4. The van der Waals surface area contributed by atoms with Crippen molar-refractivity contribution in [2.45, 2.75) is 4.90 Å². The second kappa shape index (κ2) is 6.10. The van der Waals surface area contributed by atoms with E-state index < -0.39 is 10.0 Å². The van der Waals surface area contributed by atoms with Gasteiger partial charge in [0.1, 0.15) is 16.3 Å². The lowest BCUT2D eigenvalue weighted by atomic mass is 10.3. The molecular weight excluding hydrogens is 380 g/mol. The lowest BCUT2D eigenvalue weighted by molar-refractivity contribution is 0.477. The molecule has 0 aliphatic rings. The quantitative estimate of drug-likeness (QED) is 0.744. The van der Waals surface area contributed by atoms with Gasteiger partial charge in [0.25, 0.3) is 10.0 Å². The fourth-order valence-corrected chi connectivity index (χ4v) is 4.50. The number of halogens is 4. The second-order valence-electron chi connectivity index (χ2n) is 3.94. The summed E-state index contributed by atoms with van der Waals surface area (Å²) in [7, 11) is -4.15. The second-order valence-corrected chi connectivity index (χ2v) is 7.22. The number of hydrogen-bond acceptors (Lipinski definition) is 3. The maximum Gasteiger partial charge on any atom is 0.265 e. The predicted molar refractivity (Wildman–Crippen MR) is 85.4 cm³/mol. The SMILES string of the molecule is O=S(=O)(Nc1c(O)cccc1Cl)c1c(Cl)cc(Cl)cc1Cl. The molecule has 0 atom stereocenters. The smallest absolute Gasteiger partial charge is 0.265 e. The monoisotopic (exact) mass is 385 g/mol. The summed E-state index contributed by atoms with van der Waals surface area (Å²) in [6.45, 7) is 0. The minimum Gasteiger partial charge on any atom is -0.506 e. The molecule has 0 aliphatic heterocycles. The largest absolute Gasteiger partial charge is 0.506 e. The van der Waals surface area contributed by atoms with Gasteiger partial charge in [0.2, 0.25) is 0 Å². The number of hydrogen-bond donors (Lipinski definition) is 2. The minimum atomic E-state index is -4.15. The Balaban J connectivity index is 2.54. The Kier molecular flexibility index (Phi) is 4.80. The van der Waals surface area contributed by atoms with Crippen LogP contribution in [0.1, 0.15) is 0 Å². The van der Waals surface area contributed by atoms with E-state index in [0.717, 1.165) is 0 Å². The fraction of sp³-hybridized carbons (Fsp3) is 0. The van der Waals surface area contributed by atoms with Gasteiger partial charge in [-0.2, -0.15) is 0 Å². The van der Waals surface area contributed by atoms with Crippen molar-refractivity contribution < 1.29 is 13.5 Å². The molecule has 112 valence electrons. The summed E-state index contributed by atoms with van der Waals surface area (Å²) in [5.74, 6) is -0.327. The van der Waals surface area contributed by atoms with Gasteiger partial charge in [-0.15, -0.1) is 0 Å². The normalized spacial score (nSPS) is 11.4. The number of phenols is 1. The van der Waals surface area contributed by atoms with Crippen LogP contribution in [-0.2, 0) is 10.0 Å². The van der Waals surface area contributed by atoms with Crippen molar-refractivity contribution in [3.63, 3.8) is 0 Å². The number of phenolic OH excluding ortho intramolecular Hbond substituents is 1. The van der Waals surface area contributed by atoms with Crippen LogP contribution in [0.15, 0.2) is 35.2 Å². The summed E-state index contributed by atoms with van der Waals surface area (Å²) < 4.78 is 26.9. The molecule has 0 aromatic heterocycles. The Morgan fingerprint density at radius 2 is 1.52 bits per heavy atom. The molecule has 9 heteroatoms. The van der Waals surface area contributed by atoms with Crippen molar-refractivity contribution in [1.82, 2.24) is 0 Å². The van der Waals surface area contributed by atoms with Gasteiger partial charge in [-0.05, 0) is 24.3 Å². The van der Waals surface area contributed by atoms with Crippen LogP contribution in [-0.4, -0.2) is 13.5 Å². The van der Waals surface area contributed by atoms with Gasteiger partial charge in [0.05, 0.1) is 15.1 Å². The van der Waals surface area contributed by atoms with Crippen molar-refractivity contribution >= 4 is 62.1 Å². The van der Waals surface area contributed by atoms with Gasteiger partial charge in [0, 0.05) is 5.02 Å². The van der Waals surface area contributed by atoms with Gasteiger partial charge in [-0.1, -0.05) is 52.5 Å². The number of para-hydroxylation sites is 1.